The summed E-state index contributed by atoms with van der Waals surface area (Å²) in [5.41, 5.74) is 4.04. The van der Waals surface area contributed by atoms with E-state index in [1.165, 1.54) is 11.8 Å². The third-order valence-corrected chi connectivity index (χ3v) is 6.59. The molecule has 4 rings (SSSR count). The Hall–Kier alpha value is -3.99. The minimum atomic E-state index is -0.238. The summed E-state index contributed by atoms with van der Waals surface area (Å²) in [6, 6.07) is 26.1. The van der Waals surface area contributed by atoms with Crippen molar-refractivity contribution in [2.45, 2.75) is 5.03 Å². The van der Waals surface area contributed by atoms with Gasteiger partial charge in [-0.3, -0.25) is 4.79 Å². The van der Waals surface area contributed by atoms with Crippen LogP contribution >= 0.6 is 23.4 Å². The van der Waals surface area contributed by atoms with E-state index in [9.17, 15) is 10.1 Å². The first-order chi connectivity index (χ1) is 17.5. The maximum absolute atomic E-state index is 12.7. The Balaban J connectivity index is 1.69. The van der Waals surface area contributed by atoms with Crippen LogP contribution in [0, 0.1) is 11.3 Å². The highest BCUT2D eigenvalue weighted by Crippen LogP contribution is 2.35. The van der Waals surface area contributed by atoms with Crippen molar-refractivity contribution in [1.29, 1.82) is 5.26 Å². The fraction of sp³-hybridized carbons (Fsp3) is 0.107. The lowest BCUT2D eigenvalue weighted by Crippen LogP contribution is -2.15. The normalized spacial score (nSPS) is 10.4. The van der Waals surface area contributed by atoms with Crippen molar-refractivity contribution in [3.05, 3.63) is 89.4 Å². The Morgan fingerprint density at radius 3 is 2.36 bits per heavy atom. The lowest BCUT2D eigenvalue weighted by atomic mass is 9.99. The summed E-state index contributed by atoms with van der Waals surface area (Å²) in [5, 5.41) is 14.0. The number of nitrogens with zero attached hydrogens (tertiary/aromatic N) is 2. The van der Waals surface area contributed by atoms with Crippen LogP contribution in [0.5, 0.6) is 11.5 Å². The van der Waals surface area contributed by atoms with E-state index in [4.69, 9.17) is 26.1 Å². The van der Waals surface area contributed by atoms with E-state index >= 15 is 0 Å². The minimum Gasteiger partial charge on any atom is -0.497 e. The molecular formula is C28H22ClN3O3S. The molecule has 3 aromatic carbocycles. The molecular weight excluding hydrogens is 494 g/mol. The van der Waals surface area contributed by atoms with Gasteiger partial charge in [-0.1, -0.05) is 47.6 Å². The van der Waals surface area contributed by atoms with Crippen molar-refractivity contribution in [3.63, 3.8) is 0 Å². The zero-order valence-electron chi connectivity index (χ0n) is 19.6. The van der Waals surface area contributed by atoms with Crippen LogP contribution in [0.15, 0.2) is 83.9 Å². The summed E-state index contributed by atoms with van der Waals surface area (Å²) in [7, 11) is 3.16. The van der Waals surface area contributed by atoms with Gasteiger partial charge in [0.1, 0.15) is 22.6 Å². The van der Waals surface area contributed by atoms with Crippen LogP contribution < -0.4 is 14.8 Å². The number of nitriles is 1. The van der Waals surface area contributed by atoms with Crippen LogP contribution in [0.25, 0.3) is 22.4 Å². The number of amides is 1. The zero-order chi connectivity index (χ0) is 25.5. The van der Waals surface area contributed by atoms with Gasteiger partial charge in [0.15, 0.2) is 0 Å². The number of hydrogen-bond acceptors (Lipinski definition) is 6. The molecule has 8 heteroatoms. The van der Waals surface area contributed by atoms with Crippen LogP contribution in [-0.4, -0.2) is 30.9 Å². The number of rotatable bonds is 8. The predicted molar refractivity (Wildman–Crippen MR) is 144 cm³/mol. The second-order valence-electron chi connectivity index (χ2n) is 7.62. The number of carbonyl (C=O) groups is 1. The molecule has 180 valence electrons. The van der Waals surface area contributed by atoms with E-state index in [0.717, 1.165) is 16.9 Å². The standard InChI is InChI=1S/C28H22ClN3O3S/c1-34-21-13-9-19(10-14-21)25-15-22(18-7-11-20(29)12-8-18)23(16-30)28(32-25)36-17-27(33)31-24-5-3-4-6-26(24)35-2/h3-15H,17H2,1-2H3,(H,31,33). The highest BCUT2D eigenvalue weighted by Gasteiger charge is 2.18. The minimum absolute atomic E-state index is 0.0614. The fourth-order valence-corrected chi connectivity index (χ4v) is 4.50. The predicted octanol–water partition coefficient (Wildman–Crippen LogP) is 6.69. The van der Waals surface area contributed by atoms with Crippen LogP contribution in [0.1, 0.15) is 5.56 Å². The average Bonchev–Trinajstić information content (AvgIpc) is 2.92. The smallest absolute Gasteiger partial charge is 0.234 e. The monoisotopic (exact) mass is 515 g/mol. The molecule has 0 radical (unpaired) electrons. The van der Waals surface area contributed by atoms with Gasteiger partial charge in [0.05, 0.1) is 36.9 Å². The first-order valence-electron chi connectivity index (χ1n) is 10.9. The molecule has 0 saturated carbocycles. The van der Waals surface area contributed by atoms with E-state index in [1.54, 1.807) is 38.5 Å². The Morgan fingerprint density at radius 1 is 1.00 bits per heavy atom. The summed E-state index contributed by atoms with van der Waals surface area (Å²) in [6.45, 7) is 0. The van der Waals surface area contributed by atoms with Crippen molar-refractivity contribution in [3.8, 4) is 40.0 Å². The molecule has 6 nitrogen and oxygen atoms in total. The van der Waals surface area contributed by atoms with Crippen molar-refractivity contribution in [2.24, 2.45) is 0 Å². The largest absolute Gasteiger partial charge is 0.497 e. The fourth-order valence-electron chi connectivity index (χ4n) is 3.57. The van der Waals surface area contributed by atoms with E-state index in [1.807, 2.05) is 54.6 Å². The van der Waals surface area contributed by atoms with Crippen molar-refractivity contribution in [1.82, 2.24) is 4.98 Å². The number of hydrogen-bond donors (Lipinski definition) is 1. The van der Waals surface area contributed by atoms with Gasteiger partial charge in [0.2, 0.25) is 5.91 Å². The van der Waals surface area contributed by atoms with Gasteiger partial charge >= 0.3 is 0 Å². The molecule has 36 heavy (non-hydrogen) atoms. The number of anilines is 1. The van der Waals surface area contributed by atoms with Crippen molar-refractivity contribution >= 4 is 35.0 Å². The first kappa shape index (κ1) is 25.1. The molecule has 0 unspecified atom stereocenters. The highest BCUT2D eigenvalue weighted by molar-refractivity contribution is 8.00. The van der Waals surface area contributed by atoms with E-state index < -0.39 is 0 Å². The molecule has 0 aliphatic heterocycles. The second-order valence-corrected chi connectivity index (χ2v) is 9.02. The van der Waals surface area contributed by atoms with Gasteiger partial charge in [0, 0.05) is 16.1 Å². The van der Waals surface area contributed by atoms with Gasteiger partial charge in [-0.15, -0.1) is 0 Å². The van der Waals surface area contributed by atoms with Gasteiger partial charge < -0.3 is 14.8 Å². The van der Waals surface area contributed by atoms with Gasteiger partial charge in [-0.05, 0) is 60.2 Å². The molecule has 1 heterocycles. The molecule has 0 aliphatic rings. The summed E-state index contributed by atoms with van der Waals surface area (Å²) in [6.07, 6.45) is 0. The average molecular weight is 516 g/mol. The number of benzene rings is 3. The van der Waals surface area contributed by atoms with E-state index in [-0.39, 0.29) is 11.7 Å². The summed E-state index contributed by atoms with van der Waals surface area (Å²) >= 11 is 7.29. The molecule has 1 N–H and O–H groups in total. The molecule has 1 aromatic heterocycles. The quantitative estimate of drug-likeness (QED) is 0.263. The highest BCUT2D eigenvalue weighted by atomic mass is 35.5. The summed E-state index contributed by atoms with van der Waals surface area (Å²) < 4.78 is 10.6. The van der Waals surface area contributed by atoms with Gasteiger partial charge in [-0.2, -0.15) is 5.26 Å². The third-order valence-electron chi connectivity index (χ3n) is 5.36. The number of methoxy groups -OCH3 is 2. The Labute approximate surface area is 218 Å². The molecule has 4 aromatic rings. The van der Waals surface area contributed by atoms with Crippen LogP contribution in [0.2, 0.25) is 5.02 Å². The Morgan fingerprint density at radius 2 is 1.69 bits per heavy atom. The SMILES string of the molecule is COc1ccc(-c2cc(-c3ccc(Cl)cc3)c(C#N)c(SCC(=O)Nc3ccccc3OC)n2)cc1. The zero-order valence-corrected chi connectivity index (χ0v) is 21.2. The van der Waals surface area contributed by atoms with Crippen molar-refractivity contribution < 1.29 is 14.3 Å². The maximum Gasteiger partial charge on any atom is 0.234 e. The number of para-hydroxylation sites is 2. The lowest BCUT2D eigenvalue weighted by Gasteiger charge is -2.13. The maximum atomic E-state index is 12.7. The molecule has 0 atom stereocenters. The Bertz CT molecular complexity index is 1420. The number of pyridine rings is 1. The topological polar surface area (TPSA) is 84.2 Å². The first-order valence-corrected chi connectivity index (χ1v) is 12.3. The van der Waals surface area contributed by atoms with Crippen molar-refractivity contribution in [2.75, 3.05) is 25.3 Å². The number of halogens is 1. The number of thioether (sulfide) groups is 1. The molecule has 0 bridgehead atoms. The molecule has 0 spiro atoms. The van der Waals surface area contributed by atoms with Crippen LogP contribution in [0.3, 0.4) is 0 Å². The molecule has 0 saturated heterocycles. The van der Waals surface area contributed by atoms with E-state index in [0.29, 0.717) is 38.3 Å². The number of nitrogens with one attached hydrogen (secondary N) is 1. The third kappa shape index (κ3) is 5.80. The molecule has 0 aliphatic carbocycles. The number of aromatic nitrogens is 1. The van der Waals surface area contributed by atoms with Gasteiger partial charge in [-0.25, -0.2) is 4.98 Å². The molecule has 1 amide bonds. The van der Waals surface area contributed by atoms with Crippen LogP contribution in [0.4, 0.5) is 5.69 Å². The van der Waals surface area contributed by atoms with Gasteiger partial charge in [0.25, 0.3) is 0 Å². The van der Waals surface area contributed by atoms with Crippen LogP contribution in [-0.2, 0) is 4.79 Å². The molecule has 0 fully saturated rings. The number of ether oxygens (including phenoxy) is 2. The second kappa shape index (κ2) is 11.6. The summed E-state index contributed by atoms with van der Waals surface area (Å²) in [4.78, 5) is 17.5. The summed E-state index contributed by atoms with van der Waals surface area (Å²) in [5.74, 6) is 1.12. The lowest BCUT2D eigenvalue weighted by molar-refractivity contribution is -0.113. The van der Waals surface area contributed by atoms with E-state index in [2.05, 4.69) is 11.4 Å². The Kier molecular flexibility index (Phi) is 8.11. The number of carbonyl (C=O) groups excluding carboxylic acids is 1.